The quantitative estimate of drug-likeness (QED) is 0.664. The van der Waals surface area contributed by atoms with Crippen molar-refractivity contribution in [3.05, 3.63) is 34.7 Å². The van der Waals surface area contributed by atoms with Gasteiger partial charge in [-0.2, -0.15) is 0 Å². The highest BCUT2D eigenvalue weighted by Crippen LogP contribution is 2.21. The zero-order valence-corrected chi connectivity index (χ0v) is 13.8. The molecule has 1 fully saturated rings. The van der Waals surface area contributed by atoms with Crippen LogP contribution in [0.4, 0.5) is 17.5 Å². The molecule has 0 aliphatic carbocycles. The molecule has 0 aromatic carbocycles. The van der Waals surface area contributed by atoms with Crippen molar-refractivity contribution in [2.45, 2.75) is 25.7 Å². The molecule has 0 saturated carbocycles. The van der Waals surface area contributed by atoms with Crippen molar-refractivity contribution in [1.29, 1.82) is 0 Å². The lowest BCUT2D eigenvalue weighted by atomic mass is 10.3. The van der Waals surface area contributed by atoms with E-state index in [1.54, 1.807) is 0 Å². The van der Waals surface area contributed by atoms with E-state index in [0.717, 1.165) is 24.4 Å². The second kappa shape index (κ2) is 7.61. The van der Waals surface area contributed by atoms with Gasteiger partial charge in [-0.1, -0.05) is 11.1 Å². The van der Waals surface area contributed by atoms with Crippen molar-refractivity contribution < 1.29 is 14.5 Å². The van der Waals surface area contributed by atoms with E-state index in [0.29, 0.717) is 31.3 Å². The molecule has 2 aromatic rings. The number of aromatic nitrogens is 3. The largest absolute Gasteiger partial charge is 0.391 e. The Hall–Kier alpha value is -2.16. The maximum Gasteiger partial charge on any atom is 0.344 e. The van der Waals surface area contributed by atoms with Crippen LogP contribution in [-0.2, 0) is 22.6 Å². The first-order valence-electron chi connectivity index (χ1n) is 7.63. The fraction of sp³-hybridized carbons (Fsp3) is 0.400. The van der Waals surface area contributed by atoms with Crippen molar-refractivity contribution >= 4 is 29.1 Å². The molecule has 24 heavy (non-hydrogen) atoms. The van der Waals surface area contributed by atoms with Crippen LogP contribution in [0.25, 0.3) is 0 Å². The topological polar surface area (TPSA) is 122 Å². The fourth-order valence-corrected chi connectivity index (χ4v) is 2.55. The normalized spacial score (nSPS) is 17.1. The number of H-pyrrole nitrogens is 1. The Morgan fingerprint density at radius 3 is 2.96 bits per heavy atom. The van der Waals surface area contributed by atoms with Crippen molar-refractivity contribution in [3.8, 4) is 0 Å². The number of rotatable bonds is 6. The van der Waals surface area contributed by atoms with E-state index in [1.165, 1.54) is 0 Å². The molecule has 9 heteroatoms. The van der Waals surface area contributed by atoms with E-state index in [1.807, 2.05) is 18.2 Å². The predicted molar refractivity (Wildman–Crippen MR) is 90.2 cm³/mol. The first kappa shape index (κ1) is 16.7. The lowest BCUT2D eigenvalue weighted by Crippen LogP contribution is -2.21. The lowest BCUT2D eigenvalue weighted by Gasteiger charge is -2.10. The van der Waals surface area contributed by atoms with Gasteiger partial charge in [-0.25, -0.2) is 4.98 Å². The third kappa shape index (κ3) is 4.22. The van der Waals surface area contributed by atoms with Crippen LogP contribution in [0, 0.1) is 0 Å². The summed E-state index contributed by atoms with van der Waals surface area (Å²) in [5.41, 5.74) is 13.5. The molecular weight excluding hydrogens is 332 g/mol. The van der Waals surface area contributed by atoms with Gasteiger partial charge in [0, 0.05) is 6.61 Å². The number of nitrogens with zero attached hydrogens (tertiary/aromatic N) is 2. The zero-order valence-electron chi connectivity index (χ0n) is 13.1. The summed E-state index contributed by atoms with van der Waals surface area (Å²) >= 11 is 5.91. The number of nitrogens with one attached hydrogen (secondary N) is 2. The highest BCUT2D eigenvalue weighted by molar-refractivity contribution is 6.32. The van der Waals surface area contributed by atoms with Gasteiger partial charge < -0.3 is 26.3 Å². The fourth-order valence-electron chi connectivity index (χ4n) is 2.37. The molecule has 1 aliphatic heterocycles. The molecule has 3 rings (SSSR count). The Morgan fingerprint density at radius 1 is 1.33 bits per heavy atom. The number of nitrogen functional groups attached to an aromatic ring is 2. The summed E-state index contributed by atoms with van der Waals surface area (Å²) in [4.78, 5) is 11.2. The Kier molecular flexibility index (Phi) is 5.29. The summed E-state index contributed by atoms with van der Waals surface area (Å²) in [5.74, 6) is 0.699. The number of halogens is 1. The van der Waals surface area contributed by atoms with E-state index in [-0.39, 0.29) is 17.2 Å². The molecule has 0 amide bonds. The maximum absolute atomic E-state index is 5.91. The minimum Gasteiger partial charge on any atom is -0.391 e. The molecule has 1 atom stereocenters. The molecule has 0 spiro atoms. The minimum absolute atomic E-state index is 0.155. The van der Waals surface area contributed by atoms with Gasteiger partial charge in [0.2, 0.25) is 11.0 Å². The molecule has 3 heterocycles. The number of aromatic amines is 1. The molecule has 128 valence electrons. The maximum atomic E-state index is 5.91. The Bertz CT molecular complexity index is 708. The van der Waals surface area contributed by atoms with Crippen LogP contribution in [0.5, 0.6) is 0 Å². The molecule has 0 radical (unpaired) electrons. The van der Waals surface area contributed by atoms with Crippen LogP contribution in [-0.4, -0.2) is 29.3 Å². The predicted octanol–water partition coefficient (Wildman–Crippen LogP) is 1.03. The number of hydrogen-bond acceptors (Lipinski definition) is 7. The van der Waals surface area contributed by atoms with Crippen LogP contribution in [0.3, 0.4) is 0 Å². The van der Waals surface area contributed by atoms with Gasteiger partial charge in [0.15, 0.2) is 0 Å². The molecule has 2 aromatic heterocycles. The third-order valence-electron chi connectivity index (χ3n) is 3.63. The van der Waals surface area contributed by atoms with Crippen LogP contribution in [0.15, 0.2) is 18.2 Å². The molecule has 1 saturated heterocycles. The van der Waals surface area contributed by atoms with Gasteiger partial charge in [0.1, 0.15) is 5.69 Å². The van der Waals surface area contributed by atoms with Crippen molar-refractivity contribution in [2.75, 3.05) is 30.0 Å². The zero-order chi connectivity index (χ0) is 16.9. The Balaban J connectivity index is 1.60. The highest BCUT2D eigenvalue weighted by atomic mass is 35.5. The van der Waals surface area contributed by atoms with Crippen LogP contribution in [0.1, 0.15) is 17.8 Å². The number of anilines is 3. The van der Waals surface area contributed by atoms with E-state index >= 15 is 0 Å². The van der Waals surface area contributed by atoms with Gasteiger partial charge in [-0.3, -0.25) is 4.98 Å². The van der Waals surface area contributed by atoms with E-state index in [2.05, 4.69) is 20.3 Å². The summed E-state index contributed by atoms with van der Waals surface area (Å²) in [6, 6.07) is 5.79. The number of pyridine rings is 1. The summed E-state index contributed by atoms with van der Waals surface area (Å²) in [7, 11) is 0. The average molecular weight is 352 g/mol. The van der Waals surface area contributed by atoms with Gasteiger partial charge in [0.25, 0.3) is 0 Å². The van der Waals surface area contributed by atoms with Crippen LogP contribution in [0.2, 0.25) is 5.15 Å². The van der Waals surface area contributed by atoms with Gasteiger partial charge >= 0.3 is 5.95 Å². The molecule has 0 bridgehead atoms. The molecular formula is C15H20ClN6O2+. The third-order valence-corrected chi connectivity index (χ3v) is 3.92. The van der Waals surface area contributed by atoms with Crippen LogP contribution >= 0.6 is 11.6 Å². The van der Waals surface area contributed by atoms with E-state index in [4.69, 9.17) is 32.5 Å². The van der Waals surface area contributed by atoms with Crippen molar-refractivity contribution in [1.82, 2.24) is 9.97 Å². The Morgan fingerprint density at radius 2 is 2.17 bits per heavy atom. The molecule has 1 aliphatic rings. The van der Waals surface area contributed by atoms with E-state index in [9.17, 15) is 0 Å². The van der Waals surface area contributed by atoms with Gasteiger partial charge in [-0.05, 0) is 30.2 Å². The number of ether oxygens (including phenoxy) is 2. The standard InChI is InChI=1S/C15H19ClN6O2/c16-13-12(17)14(22-15(18)21-13)19-6-9-2-1-3-10(20-9)7-24-11-4-5-23-8-11/h1-3,11H,4-8,17H2,(H3,18,19,21,22)/p+1. The number of hydrogen-bond donors (Lipinski definition) is 3. The average Bonchev–Trinajstić information content (AvgIpc) is 3.09. The summed E-state index contributed by atoms with van der Waals surface area (Å²) in [5, 5.41) is 3.28. The van der Waals surface area contributed by atoms with Gasteiger partial charge in [-0.15, -0.1) is 0 Å². The summed E-state index contributed by atoms with van der Waals surface area (Å²) < 4.78 is 11.1. The molecule has 6 N–H and O–H groups in total. The first-order valence-corrected chi connectivity index (χ1v) is 8.01. The van der Waals surface area contributed by atoms with E-state index < -0.39 is 0 Å². The summed E-state index contributed by atoms with van der Waals surface area (Å²) in [6.07, 6.45) is 1.09. The second-order valence-corrected chi connectivity index (χ2v) is 5.83. The minimum atomic E-state index is 0.155. The number of nitrogens with two attached hydrogens (primary N) is 2. The monoisotopic (exact) mass is 351 g/mol. The smallest absolute Gasteiger partial charge is 0.344 e. The van der Waals surface area contributed by atoms with Crippen LogP contribution < -0.4 is 21.8 Å². The highest BCUT2D eigenvalue weighted by Gasteiger charge is 2.16. The SMILES string of the molecule is Nc1nc(Cl)c(N)c(NCc2cccc(COC3CCOC3)n2)[nH+]1. The van der Waals surface area contributed by atoms with Gasteiger partial charge in [0.05, 0.1) is 37.3 Å². The van der Waals surface area contributed by atoms with Crippen molar-refractivity contribution in [3.63, 3.8) is 0 Å². The molecule has 8 nitrogen and oxygen atoms in total. The first-order chi connectivity index (χ1) is 11.6. The molecule has 1 unspecified atom stereocenters. The summed E-state index contributed by atoms with van der Waals surface area (Å²) in [6.45, 7) is 2.34. The van der Waals surface area contributed by atoms with Crippen molar-refractivity contribution in [2.24, 2.45) is 0 Å². The lowest BCUT2D eigenvalue weighted by molar-refractivity contribution is -0.346. The Labute approximate surface area is 144 Å². The second-order valence-electron chi connectivity index (χ2n) is 5.47.